The summed E-state index contributed by atoms with van der Waals surface area (Å²) in [5.74, 6) is 2.30. The molecule has 0 saturated heterocycles. The molecule has 4 aromatic rings. The van der Waals surface area contributed by atoms with Crippen LogP contribution in [0.1, 0.15) is 24.5 Å². The maximum atomic E-state index is 13.0. The molecule has 0 bridgehead atoms. The first-order chi connectivity index (χ1) is 15.9. The highest BCUT2D eigenvalue weighted by Crippen LogP contribution is 2.31. The van der Waals surface area contributed by atoms with E-state index in [2.05, 4.69) is 11.9 Å². The average molecular weight is 484 g/mol. The van der Waals surface area contributed by atoms with Crippen molar-refractivity contribution in [3.63, 3.8) is 0 Å². The summed E-state index contributed by atoms with van der Waals surface area (Å²) in [4.78, 5) is 27.4. The van der Waals surface area contributed by atoms with Crippen LogP contribution in [0.15, 0.2) is 52.4 Å². The first kappa shape index (κ1) is 23.2. The number of benzene rings is 2. The Morgan fingerprint density at radius 3 is 2.61 bits per heavy atom. The standard InChI is InChI=1S/C24H26ClN5O2S/c1-5-12-33-23-27-21(29(3)17-8-10-18(32-4)11-9-17)20-22(28-23)30(24(31)26-20)14-16-7-6-15(2)19(25)13-16/h6-11,13H,5,12,14H2,1-4H3,(H,26,31). The average Bonchev–Trinajstić information content (AvgIpc) is 3.14. The van der Waals surface area contributed by atoms with Gasteiger partial charge in [0.1, 0.15) is 11.3 Å². The zero-order valence-electron chi connectivity index (χ0n) is 19.1. The Bertz CT molecular complexity index is 1330. The molecule has 2 heterocycles. The number of fused-ring (bicyclic) bond motifs is 1. The first-order valence-electron chi connectivity index (χ1n) is 10.7. The summed E-state index contributed by atoms with van der Waals surface area (Å²) in [7, 11) is 3.56. The fraction of sp³-hybridized carbons (Fsp3) is 0.292. The van der Waals surface area contributed by atoms with Crippen molar-refractivity contribution in [2.75, 3.05) is 24.8 Å². The molecule has 0 unspecified atom stereocenters. The van der Waals surface area contributed by atoms with E-state index in [0.717, 1.165) is 34.7 Å². The van der Waals surface area contributed by atoms with E-state index in [0.29, 0.717) is 33.7 Å². The van der Waals surface area contributed by atoms with Crippen LogP contribution >= 0.6 is 23.4 Å². The lowest BCUT2D eigenvalue weighted by molar-refractivity contribution is 0.415. The molecular weight excluding hydrogens is 458 g/mol. The highest BCUT2D eigenvalue weighted by atomic mass is 35.5. The van der Waals surface area contributed by atoms with E-state index >= 15 is 0 Å². The van der Waals surface area contributed by atoms with Crippen LogP contribution in [-0.4, -0.2) is 39.4 Å². The maximum absolute atomic E-state index is 13.0. The number of hydrogen-bond acceptors (Lipinski definition) is 6. The molecule has 0 radical (unpaired) electrons. The third kappa shape index (κ3) is 4.86. The SMILES string of the molecule is CCCSc1nc(N(C)c2ccc(OC)cc2)c2[nH]c(=O)n(Cc3ccc(C)c(Cl)c3)c2n1. The number of aromatic amines is 1. The highest BCUT2D eigenvalue weighted by Gasteiger charge is 2.19. The highest BCUT2D eigenvalue weighted by molar-refractivity contribution is 7.99. The Morgan fingerprint density at radius 1 is 1.18 bits per heavy atom. The van der Waals surface area contributed by atoms with Crippen LogP contribution in [0.25, 0.3) is 11.2 Å². The monoisotopic (exact) mass is 483 g/mol. The van der Waals surface area contributed by atoms with E-state index in [-0.39, 0.29) is 5.69 Å². The van der Waals surface area contributed by atoms with E-state index < -0.39 is 0 Å². The van der Waals surface area contributed by atoms with Crippen molar-refractivity contribution in [3.05, 3.63) is 69.1 Å². The zero-order chi connectivity index (χ0) is 23.5. The Labute approximate surface area is 201 Å². The van der Waals surface area contributed by atoms with Gasteiger partial charge in [-0.1, -0.05) is 42.4 Å². The lowest BCUT2D eigenvalue weighted by Crippen LogP contribution is -2.17. The predicted octanol–water partition coefficient (Wildman–Crippen LogP) is 5.41. The number of halogens is 1. The van der Waals surface area contributed by atoms with Crippen molar-refractivity contribution < 1.29 is 4.74 Å². The summed E-state index contributed by atoms with van der Waals surface area (Å²) >= 11 is 7.89. The third-order valence-electron chi connectivity index (χ3n) is 5.37. The van der Waals surface area contributed by atoms with Crippen LogP contribution < -0.4 is 15.3 Å². The lowest BCUT2D eigenvalue weighted by atomic mass is 10.1. The molecule has 9 heteroatoms. The van der Waals surface area contributed by atoms with Gasteiger partial charge in [-0.25, -0.2) is 14.8 Å². The molecule has 0 fully saturated rings. The summed E-state index contributed by atoms with van der Waals surface area (Å²) < 4.78 is 6.91. The summed E-state index contributed by atoms with van der Waals surface area (Å²) in [6, 6.07) is 13.5. The van der Waals surface area contributed by atoms with Crippen molar-refractivity contribution in [2.45, 2.75) is 32.0 Å². The molecule has 7 nitrogen and oxygen atoms in total. The predicted molar refractivity (Wildman–Crippen MR) is 136 cm³/mol. The molecule has 1 N–H and O–H groups in total. The molecule has 0 atom stereocenters. The van der Waals surface area contributed by atoms with Gasteiger partial charge in [-0.05, 0) is 54.8 Å². The van der Waals surface area contributed by atoms with E-state index in [1.165, 1.54) is 0 Å². The summed E-state index contributed by atoms with van der Waals surface area (Å²) in [5, 5.41) is 1.31. The Balaban J connectivity index is 1.82. The van der Waals surface area contributed by atoms with Crippen molar-refractivity contribution in [1.29, 1.82) is 0 Å². The second-order valence-corrected chi connectivity index (χ2v) is 9.20. The number of methoxy groups -OCH3 is 1. The van der Waals surface area contributed by atoms with Gasteiger partial charge in [-0.2, -0.15) is 0 Å². The lowest BCUT2D eigenvalue weighted by Gasteiger charge is -2.20. The molecule has 0 amide bonds. The number of aryl methyl sites for hydroxylation is 1. The molecule has 2 aromatic heterocycles. The molecule has 172 valence electrons. The van der Waals surface area contributed by atoms with Gasteiger partial charge in [0.15, 0.2) is 16.6 Å². The molecular formula is C24H26ClN5O2S. The van der Waals surface area contributed by atoms with E-state index in [1.54, 1.807) is 23.4 Å². The number of ether oxygens (including phenoxy) is 1. The summed E-state index contributed by atoms with van der Waals surface area (Å²) in [6.45, 7) is 4.43. The molecule has 0 spiro atoms. The molecule has 0 aliphatic carbocycles. The largest absolute Gasteiger partial charge is 0.497 e. The van der Waals surface area contributed by atoms with Crippen molar-refractivity contribution in [1.82, 2.24) is 19.5 Å². The summed E-state index contributed by atoms with van der Waals surface area (Å²) in [6.07, 6.45) is 0.998. The Kier molecular flexibility index (Phi) is 6.95. The smallest absolute Gasteiger partial charge is 0.328 e. The number of imidazole rings is 1. The van der Waals surface area contributed by atoms with Gasteiger partial charge < -0.3 is 14.6 Å². The van der Waals surface area contributed by atoms with Gasteiger partial charge in [0.05, 0.1) is 13.7 Å². The Morgan fingerprint density at radius 2 is 1.94 bits per heavy atom. The number of H-pyrrole nitrogens is 1. The quantitative estimate of drug-likeness (QED) is 0.267. The molecule has 0 saturated carbocycles. The number of anilines is 2. The number of rotatable bonds is 8. The van der Waals surface area contributed by atoms with Crippen LogP contribution in [0, 0.1) is 6.92 Å². The van der Waals surface area contributed by atoms with Gasteiger partial charge in [0.25, 0.3) is 0 Å². The third-order valence-corrected chi connectivity index (χ3v) is 6.83. The minimum absolute atomic E-state index is 0.238. The number of nitrogens with one attached hydrogen (secondary N) is 1. The second kappa shape index (κ2) is 9.89. The van der Waals surface area contributed by atoms with Crippen molar-refractivity contribution >= 4 is 46.0 Å². The van der Waals surface area contributed by atoms with Crippen LogP contribution in [0.4, 0.5) is 11.5 Å². The van der Waals surface area contributed by atoms with Crippen molar-refractivity contribution in [2.24, 2.45) is 0 Å². The fourth-order valence-corrected chi connectivity index (χ4v) is 4.38. The molecule has 2 aromatic carbocycles. The zero-order valence-corrected chi connectivity index (χ0v) is 20.6. The van der Waals surface area contributed by atoms with Crippen molar-refractivity contribution in [3.8, 4) is 5.75 Å². The molecule has 4 rings (SSSR count). The first-order valence-corrected chi connectivity index (χ1v) is 12.0. The fourth-order valence-electron chi connectivity index (χ4n) is 3.49. The Hall–Kier alpha value is -2.97. The topological polar surface area (TPSA) is 76.0 Å². The van der Waals surface area contributed by atoms with E-state index in [4.69, 9.17) is 26.3 Å². The van der Waals surface area contributed by atoms with Gasteiger partial charge in [-0.15, -0.1) is 0 Å². The van der Waals surface area contributed by atoms with Crippen LogP contribution in [0.5, 0.6) is 5.75 Å². The van der Waals surface area contributed by atoms with Gasteiger partial charge in [-0.3, -0.25) is 4.57 Å². The molecule has 33 heavy (non-hydrogen) atoms. The van der Waals surface area contributed by atoms with Crippen LogP contribution in [-0.2, 0) is 6.54 Å². The normalized spacial score (nSPS) is 11.2. The maximum Gasteiger partial charge on any atom is 0.328 e. The number of hydrogen-bond donors (Lipinski definition) is 1. The van der Waals surface area contributed by atoms with Gasteiger partial charge >= 0.3 is 5.69 Å². The van der Waals surface area contributed by atoms with Gasteiger partial charge in [0.2, 0.25) is 0 Å². The number of thioether (sulfide) groups is 1. The van der Waals surface area contributed by atoms with E-state index in [9.17, 15) is 4.79 Å². The molecule has 0 aliphatic rings. The number of aromatic nitrogens is 4. The van der Waals surface area contributed by atoms with Gasteiger partial charge in [0, 0.05) is 23.5 Å². The minimum Gasteiger partial charge on any atom is -0.497 e. The number of nitrogens with zero attached hydrogens (tertiary/aromatic N) is 4. The van der Waals surface area contributed by atoms with E-state index in [1.807, 2.05) is 61.3 Å². The molecule has 0 aliphatic heterocycles. The minimum atomic E-state index is -0.238. The van der Waals surface area contributed by atoms with Crippen LogP contribution in [0.3, 0.4) is 0 Å². The summed E-state index contributed by atoms with van der Waals surface area (Å²) in [5.41, 5.74) is 3.77. The van der Waals surface area contributed by atoms with Crippen LogP contribution in [0.2, 0.25) is 5.02 Å². The second-order valence-electron chi connectivity index (χ2n) is 7.73.